The van der Waals surface area contributed by atoms with Crippen LogP contribution in [0.2, 0.25) is 0 Å². The Labute approximate surface area is 120 Å². The van der Waals surface area contributed by atoms with E-state index in [1.54, 1.807) is 6.92 Å². The van der Waals surface area contributed by atoms with E-state index in [1.165, 1.54) is 17.0 Å². The van der Waals surface area contributed by atoms with Crippen LogP contribution in [0.25, 0.3) is 0 Å². The molecule has 0 spiro atoms. The maximum absolute atomic E-state index is 12.4. The van der Waals surface area contributed by atoms with Crippen molar-refractivity contribution < 1.29 is 23.1 Å². The van der Waals surface area contributed by atoms with Gasteiger partial charge < -0.3 is 15.0 Å². The SMILES string of the molecule is CCN(C(=O)c1ccc(OC(F)F)nc1)C1CCNC1=O. The fourth-order valence-corrected chi connectivity index (χ4v) is 2.22. The number of likely N-dealkylation sites (N-methyl/N-ethyl adjacent to an activating group) is 1. The van der Waals surface area contributed by atoms with Gasteiger partial charge in [-0.15, -0.1) is 0 Å². The smallest absolute Gasteiger partial charge is 0.388 e. The van der Waals surface area contributed by atoms with Crippen LogP contribution in [0.1, 0.15) is 23.7 Å². The number of hydrogen-bond donors (Lipinski definition) is 1. The molecule has 1 N–H and O–H groups in total. The summed E-state index contributed by atoms with van der Waals surface area (Å²) in [6.45, 7) is -0.294. The van der Waals surface area contributed by atoms with Crippen LogP contribution in [0.3, 0.4) is 0 Å². The lowest BCUT2D eigenvalue weighted by Crippen LogP contribution is -2.44. The first-order chi connectivity index (χ1) is 10.0. The molecule has 2 rings (SSSR count). The minimum atomic E-state index is -2.96. The Kier molecular flexibility index (Phi) is 4.66. The van der Waals surface area contributed by atoms with E-state index >= 15 is 0 Å². The number of hydrogen-bond acceptors (Lipinski definition) is 4. The van der Waals surface area contributed by atoms with E-state index in [-0.39, 0.29) is 23.3 Å². The normalized spacial score (nSPS) is 17.7. The molecule has 1 aliphatic rings. The molecule has 1 saturated heterocycles. The maximum Gasteiger partial charge on any atom is 0.388 e. The van der Waals surface area contributed by atoms with Crippen molar-refractivity contribution in [3.05, 3.63) is 23.9 Å². The highest BCUT2D eigenvalue weighted by atomic mass is 19.3. The monoisotopic (exact) mass is 299 g/mol. The Morgan fingerprint density at radius 1 is 1.57 bits per heavy atom. The maximum atomic E-state index is 12.4. The Hall–Kier alpha value is -2.25. The summed E-state index contributed by atoms with van der Waals surface area (Å²) in [4.78, 5) is 29.1. The van der Waals surface area contributed by atoms with Gasteiger partial charge in [0, 0.05) is 25.4 Å². The molecule has 1 fully saturated rings. The van der Waals surface area contributed by atoms with E-state index in [9.17, 15) is 18.4 Å². The number of amides is 2. The van der Waals surface area contributed by atoms with Gasteiger partial charge in [0.05, 0.1) is 5.56 Å². The molecular weight excluding hydrogens is 284 g/mol. The summed E-state index contributed by atoms with van der Waals surface area (Å²) in [5.41, 5.74) is 0.221. The fourth-order valence-electron chi connectivity index (χ4n) is 2.22. The van der Waals surface area contributed by atoms with Crippen LogP contribution in [-0.2, 0) is 4.79 Å². The molecule has 0 saturated carbocycles. The van der Waals surface area contributed by atoms with Crippen molar-refractivity contribution >= 4 is 11.8 Å². The number of halogens is 2. The predicted molar refractivity (Wildman–Crippen MR) is 69.0 cm³/mol. The number of alkyl halides is 2. The molecular formula is C13H15F2N3O3. The lowest BCUT2D eigenvalue weighted by Gasteiger charge is -2.25. The number of aromatic nitrogens is 1. The van der Waals surface area contributed by atoms with Crippen LogP contribution in [0.15, 0.2) is 18.3 Å². The summed E-state index contributed by atoms with van der Waals surface area (Å²) in [5, 5.41) is 2.67. The van der Waals surface area contributed by atoms with Gasteiger partial charge in [-0.1, -0.05) is 0 Å². The number of carbonyl (C=O) groups is 2. The second-order valence-corrected chi connectivity index (χ2v) is 4.45. The molecule has 8 heteroatoms. The number of rotatable bonds is 5. The highest BCUT2D eigenvalue weighted by Gasteiger charge is 2.32. The summed E-state index contributed by atoms with van der Waals surface area (Å²) >= 11 is 0. The minimum absolute atomic E-state index is 0.184. The summed E-state index contributed by atoms with van der Waals surface area (Å²) in [6.07, 6.45) is 1.72. The molecule has 1 aliphatic heterocycles. The van der Waals surface area contributed by atoms with E-state index in [4.69, 9.17) is 0 Å². The average Bonchev–Trinajstić information content (AvgIpc) is 2.86. The third-order valence-electron chi connectivity index (χ3n) is 3.19. The molecule has 1 aromatic rings. The first-order valence-corrected chi connectivity index (χ1v) is 6.52. The number of pyridine rings is 1. The second kappa shape index (κ2) is 6.47. The number of ether oxygens (including phenoxy) is 1. The van der Waals surface area contributed by atoms with Crippen LogP contribution in [0.5, 0.6) is 5.88 Å². The number of nitrogens with zero attached hydrogens (tertiary/aromatic N) is 2. The van der Waals surface area contributed by atoms with Gasteiger partial charge in [0.25, 0.3) is 5.91 Å². The summed E-state index contributed by atoms with van der Waals surface area (Å²) in [5.74, 6) is -0.810. The summed E-state index contributed by atoms with van der Waals surface area (Å²) < 4.78 is 28.2. The molecule has 2 amide bonds. The second-order valence-electron chi connectivity index (χ2n) is 4.45. The zero-order valence-electron chi connectivity index (χ0n) is 11.4. The first kappa shape index (κ1) is 15.1. The molecule has 1 atom stereocenters. The lowest BCUT2D eigenvalue weighted by molar-refractivity contribution is -0.123. The predicted octanol–water partition coefficient (Wildman–Crippen LogP) is 1.03. The van der Waals surface area contributed by atoms with Gasteiger partial charge in [0.1, 0.15) is 6.04 Å². The van der Waals surface area contributed by atoms with Crippen molar-refractivity contribution in [1.29, 1.82) is 0 Å². The van der Waals surface area contributed by atoms with E-state index in [2.05, 4.69) is 15.0 Å². The Morgan fingerprint density at radius 2 is 2.33 bits per heavy atom. The number of nitrogens with one attached hydrogen (secondary N) is 1. The molecule has 0 aromatic carbocycles. The molecule has 1 unspecified atom stereocenters. The lowest BCUT2D eigenvalue weighted by atomic mass is 10.1. The fraction of sp³-hybridized carbons (Fsp3) is 0.462. The Morgan fingerprint density at radius 3 is 2.81 bits per heavy atom. The third-order valence-corrected chi connectivity index (χ3v) is 3.19. The van der Waals surface area contributed by atoms with Crippen molar-refractivity contribution in [3.63, 3.8) is 0 Å². The van der Waals surface area contributed by atoms with Gasteiger partial charge in [-0.25, -0.2) is 4.98 Å². The van der Waals surface area contributed by atoms with E-state index in [1.807, 2.05) is 0 Å². The molecule has 0 aliphatic carbocycles. The van der Waals surface area contributed by atoms with Crippen molar-refractivity contribution in [1.82, 2.24) is 15.2 Å². The van der Waals surface area contributed by atoms with Crippen molar-refractivity contribution in [2.24, 2.45) is 0 Å². The van der Waals surface area contributed by atoms with Gasteiger partial charge in [-0.05, 0) is 19.4 Å². The quantitative estimate of drug-likeness (QED) is 0.881. The Balaban J connectivity index is 2.12. The van der Waals surface area contributed by atoms with Crippen LogP contribution in [0.4, 0.5) is 8.78 Å². The van der Waals surface area contributed by atoms with E-state index in [0.717, 1.165) is 6.20 Å². The Bertz CT molecular complexity index is 522. The van der Waals surface area contributed by atoms with Crippen molar-refractivity contribution in [3.8, 4) is 5.88 Å². The zero-order valence-corrected chi connectivity index (χ0v) is 11.4. The van der Waals surface area contributed by atoms with E-state index in [0.29, 0.717) is 19.5 Å². The molecule has 1 aromatic heterocycles. The van der Waals surface area contributed by atoms with Gasteiger partial charge in [0.2, 0.25) is 11.8 Å². The van der Waals surface area contributed by atoms with Crippen molar-refractivity contribution in [2.75, 3.05) is 13.1 Å². The standard InChI is InChI=1S/C13H15F2N3O3/c1-2-18(9-5-6-16-11(9)19)12(20)8-3-4-10(17-7-8)21-13(14)15/h3-4,7,9,13H,2,5-6H2,1H3,(H,16,19). The van der Waals surface area contributed by atoms with Gasteiger partial charge >= 0.3 is 6.61 Å². The van der Waals surface area contributed by atoms with Crippen LogP contribution in [0, 0.1) is 0 Å². The largest absolute Gasteiger partial charge is 0.417 e. The topological polar surface area (TPSA) is 71.5 Å². The minimum Gasteiger partial charge on any atom is -0.417 e. The third kappa shape index (κ3) is 3.45. The summed E-state index contributed by atoms with van der Waals surface area (Å²) in [7, 11) is 0. The first-order valence-electron chi connectivity index (χ1n) is 6.52. The molecule has 0 radical (unpaired) electrons. The van der Waals surface area contributed by atoms with Crippen LogP contribution in [-0.4, -0.2) is 47.4 Å². The van der Waals surface area contributed by atoms with Gasteiger partial charge in [-0.3, -0.25) is 9.59 Å². The highest BCUT2D eigenvalue weighted by Crippen LogP contribution is 2.16. The molecule has 2 heterocycles. The molecule has 114 valence electrons. The van der Waals surface area contributed by atoms with Gasteiger partial charge in [0.15, 0.2) is 0 Å². The van der Waals surface area contributed by atoms with Crippen LogP contribution >= 0.6 is 0 Å². The highest BCUT2D eigenvalue weighted by molar-refractivity contribution is 5.97. The summed E-state index contributed by atoms with van der Waals surface area (Å²) in [6, 6.07) is 2.05. The van der Waals surface area contributed by atoms with Crippen LogP contribution < -0.4 is 10.1 Å². The molecule has 0 bridgehead atoms. The molecule has 6 nitrogen and oxygen atoms in total. The molecule has 21 heavy (non-hydrogen) atoms. The van der Waals surface area contributed by atoms with Crippen molar-refractivity contribution in [2.45, 2.75) is 26.0 Å². The van der Waals surface area contributed by atoms with E-state index < -0.39 is 12.7 Å². The average molecular weight is 299 g/mol. The zero-order chi connectivity index (χ0) is 15.4. The number of carbonyl (C=O) groups excluding carboxylic acids is 2. The van der Waals surface area contributed by atoms with Gasteiger partial charge in [-0.2, -0.15) is 8.78 Å².